The topological polar surface area (TPSA) is 6.48 Å². The molecule has 4 aliphatic rings. The zero-order chi connectivity index (χ0) is 43.5. The second-order valence-corrected chi connectivity index (χ2v) is 18.7. The number of anilines is 6. The normalized spacial score (nSPS) is 13.3. The Bertz CT molecular complexity index is 3480. The second kappa shape index (κ2) is 14.6. The molecule has 10 aromatic rings. The van der Waals surface area contributed by atoms with Crippen LogP contribution < -0.4 is 42.6 Å². The van der Waals surface area contributed by atoms with Crippen molar-refractivity contribution in [1.82, 2.24) is 0 Å². The van der Waals surface area contributed by atoms with E-state index in [9.17, 15) is 0 Å². The van der Waals surface area contributed by atoms with Crippen molar-refractivity contribution in [3.8, 4) is 44.5 Å². The summed E-state index contributed by atoms with van der Waals surface area (Å²) in [6.07, 6.45) is 0. The number of hydrogen-bond acceptors (Lipinski definition) is 3. The Labute approximate surface area is 388 Å². The first-order valence-electron chi connectivity index (χ1n) is 22.7. The number of rotatable bonds is 5. The average molecular weight is 859 g/mol. The van der Waals surface area contributed by atoms with E-state index >= 15 is 4.39 Å². The summed E-state index contributed by atoms with van der Waals surface area (Å²) in [7, 11) is 0. The Balaban J connectivity index is 1.09. The maximum atomic E-state index is 19.2. The summed E-state index contributed by atoms with van der Waals surface area (Å²) in [5.74, 6) is -0.175. The van der Waals surface area contributed by atoms with Gasteiger partial charge in [0.05, 0.1) is 11.4 Å². The van der Waals surface area contributed by atoms with Crippen LogP contribution in [-0.4, -0.2) is 13.4 Å². The first-order chi connectivity index (χ1) is 32.7. The summed E-state index contributed by atoms with van der Waals surface area (Å²) in [6, 6.07) is 80.4. The van der Waals surface area contributed by atoms with Crippen molar-refractivity contribution in [3.63, 3.8) is 0 Å². The number of benzene rings is 10. The molecule has 0 N–H and O–H groups in total. The number of fused-ring (bicyclic) bond motifs is 10. The highest BCUT2D eigenvalue weighted by molar-refractivity contribution is 8.00. The third kappa shape index (κ3) is 5.39. The van der Waals surface area contributed by atoms with Gasteiger partial charge in [0.25, 0.3) is 6.71 Å². The van der Waals surface area contributed by atoms with E-state index in [0.29, 0.717) is 10.6 Å². The first kappa shape index (κ1) is 37.6. The third-order valence-corrected chi connectivity index (χ3v) is 15.4. The molecule has 10 aromatic carbocycles. The van der Waals surface area contributed by atoms with Gasteiger partial charge in [0.1, 0.15) is 0 Å². The van der Waals surface area contributed by atoms with Crippen LogP contribution in [0.25, 0.3) is 44.5 Å². The Hall–Kier alpha value is -7.79. The quantitative estimate of drug-likeness (QED) is 0.159. The molecule has 0 saturated carbocycles. The zero-order valence-electron chi connectivity index (χ0n) is 35.7. The summed E-state index contributed by atoms with van der Waals surface area (Å²) in [6.45, 7) is -0.320. The van der Waals surface area contributed by atoms with Gasteiger partial charge in [0, 0.05) is 43.7 Å². The zero-order valence-corrected chi connectivity index (χ0v) is 36.5. The van der Waals surface area contributed by atoms with Crippen LogP contribution in [0.4, 0.5) is 38.5 Å². The van der Waals surface area contributed by atoms with Gasteiger partial charge >= 0.3 is 0 Å². The van der Waals surface area contributed by atoms with E-state index in [4.69, 9.17) is 0 Å². The fourth-order valence-corrected chi connectivity index (χ4v) is 12.6. The fourth-order valence-electron chi connectivity index (χ4n) is 11.4. The van der Waals surface area contributed by atoms with Crippen LogP contribution in [-0.2, 0) is 0 Å². The summed E-state index contributed by atoms with van der Waals surface area (Å²) in [5.41, 5.74) is 21.6. The molecule has 4 heterocycles. The molecule has 4 aliphatic heterocycles. The van der Waals surface area contributed by atoms with Gasteiger partial charge in [-0.1, -0.05) is 217 Å². The molecule has 14 rings (SSSR count). The van der Waals surface area contributed by atoms with E-state index in [0.717, 1.165) is 83.1 Å². The lowest BCUT2D eigenvalue weighted by Crippen LogP contribution is -2.68. The van der Waals surface area contributed by atoms with Crippen molar-refractivity contribution in [2.45, 2.75) is 9.79 Å². The molecular formula is C60H37B2FN2S. The van der Waals surface area contributed by atoms with Crippen molar-refractivity contribution in [2.24, 2.45) is 0 Å². The molecule has 0 fully saturated rings. The predicted molar refractivity (Wildman–Crippen MR) is 277 cm³/mol. The summed E-state index contributed by atoms with van der Waals surface area (Å²) in [4.78, 5) is 6.56. The molecule has 0 amide bonds. The molecule has 0 radical (unpaired) electrons. The van der Waals surface area contributed by atoms with E-state index in [1.165, 1.54) is 27.5 Å². The molecule has 0 spiro atoms. The minimum atomic E-state index is -0.200. The molecular weight excluding hydrogens is 821 g/mol. The standard InChI is InChI=1S/C60H37B2FN2S/c63-56-59-54-58-55-60(56)66-53-29-14-10-25-49(53)62(55)47-23-8-12-27-51(47)64(58)50-26-11-7-22-46(50)61(54)48-24-9-13-28-52(48)65(59)57-44(42-34-30-40(31-35-42)38-16-3-1-4-17-38)20-15-21-45(57)43-36-32-41(33-37-43)39-18-5-2-6-19-39/h1-37H. The second-order valence-electron chi connectivity index (χ2n) is 17.6. The van der Waals surface area contributed by atoms with Gasteiger partial charge in [0.15, 0.2) is 5.82 Å². The molecule has 0 unspecified atom stereocenters. The third-order valence-electron chi connectivity index (χ3n) is 14.2. The summed E-state index contributed by atoms with van der Waals surface area (Å²) >= 11 is 1.58. The van der Waals surface area contributed by atoms with Crippen LogP contribution in [0.2, 0.25) is 0 Å². The lowest BCUT2D eigenvalue weighted by atomic mass is 9.29. The van der Waals surface area contributed by atoms with E-state index in [-0.39, 0.29) is 19.2 Å². The summed E-state index contributed by atoms with van der Waals surface area (Å²) < 4.78 is 19.2. The van der Waals surface area contributed by atoms with Crippen LogP contribution in [0.15, 0.2) is 234 Å². The molecule has 0 atom stereocenters. The molecule has 6 heteroatoms. The maximum Gasteiger partial charge on any atom is 0.252 e. The van der Waals surface area contributed by atoms with Gasteiger partial charge in [-0.2, -0.15) is 0 Å². The van der Waals surface area contributed by atoms with Gasteiger partial charge in [-0.25, -0.2) is 4.39 Å². The van der Waals surface area contributed by atoms with Crippen molar-refractivity contribution < 1.29 is 4.39 Å². The van der Waals surface area contributed by atoms with Crippen molar-refractivity contribution in [1.29, 1.82) is 0 Å². The largest absolute Gasteiger partial charge is 0.312 e. The predicted octanol–water partition coefficient (Wildman–Crippen LogP) is 11.9. The van der Waals surface area contributed by atoms with E-state index in [1.807, 2.05) is 0 Å². The minimum absolute atomic E-state index is 0.120. The first-order valence-corrected chi connectivity index (χ1v) is 23.5. The molecule has 2 nitrogen and oxygen atoms in total. The van der Waals surface area contributed by atoms with Crippen LogP contribution in [0, 0.1) is 5.82 Å². The Morgan fingerprint density at radius 2 is 0.727 bits per heavy atom. The van der Waals surface area contributed by atoms with Gasteiger partial charge in [-0.15, -0.1) is 0 Å². The highest BCUT2D eigenvalue weighted by Crippen LogP contribution is 2.53. The van der Waals surface area contributed by atoms with Crippen molar-refractivity contribution in [3.05, 3.63) is 230 Å². The highest BCUT2D eigenvalue weighted by atomic mass is 32.2. The molecule has 0 aliphatic carbocycles. The SMILES string of the molecule is Fc1c2c3c4c5c1N(c1c(-c6ccc(-c7ccccc7)cc6)cccc1-c1ccc(-c6ccccc6)cc1)c1ccccc1B5c1ccccc1N4c1ccccc1B3c1ccccc1S2. The lowest BCUT2D eigenvalue weighted by molar-refractivity contribution is 0.606. The Kier molecular flexibility index (Phi) is 8.32. The van der Waals surface area contributed by atoms with Gasteiger partial charge in [-0.05, 0) is 85.0 Å². The van der Waals surface area contributed by atoms with Crippen LogP contribution in [0.3, 0.4) is 0 Å². The van der Waals surface area contributed by atoms with Crippen LogP contribution in [0.5, 0.6) is 0 Å². The monoisotopic (exact) mass is 858 g/mol. The summed E-state index contributed by atoms with van der Waals surface area (Å²) in [5, 5.41) is 0. The van der Waals surface area contributed by atoms with E-state index < -0.39 is 0 Å². The number of nitrogens with zero attached hydrogens (tertiary/aromatic N) is 2. The molecule has 0 saturated heterocycles. The molecule has 0 aromatic heterocycles. The average Bonchev–Trinajstić information content (AvgIpc) is 3.39. The highest BCUT2D eigenvalue weighted by Gasteiger charge is 2.52. The van der Waals surface area contributed by atoms with Gasteiger partial charge in [0.2, 0.25) is 6.71 Å². The smallest absolute Gasteiger partial charge is 0.252 e. The van der Waals surface area contributed by atoms with E-state index in [2.05, 4.69) is 234 Å². The van der Waals surface area contributed by atoms with Gasteiger partial charge in [-0.3, -0.25) is 0 Å². The number of hydrogen-bond donors (Lipinski definition) is 0. The minimum Gasteiger partial charge on any atom is -0.312 e. The number of para-hydroxylation sites is 4. The van der Waals surface area contributed by atoms with Gasteiger partial charge < -0.3 is 9.80 Å². The maximum absolute atomic E-state index is 19.2. The lowest BCUT2D eigenvalue weighted by Gasteiger charge is -2.49. The Morgan fingerprint density at radius 3 is 1.26 bits per heavy atom. The molecule has 0 bridgehead atoms. The Morgan fingerprint density at radius 1 is 0.318 bits per heavy atom. The van der Waals surface area contributed by atoms with Crippen LogP contribution in [0.1, 0.15) is 0 Å². The molecule has 306 valence electrons. The number of halogens is 1. The van der Waals surface area contributed by atoms with Crippen LogP contribution >= 0.6 is 11.8 Å². The molecule has 66 heavy (non-hydrogen) atoms. The van der Waals surface area contributed by atoms with Crippen molar-refractivity contribution in [2.75, 3.05) is 9.80 Å². The van der Waals surface area contributed by atoms with Crippen molar-refractivity contribution >= 4 is 92.1 Å². The van der Waals surface area contributed by atoms with E-state index in [1.54, 1.807) is 11.8 Å². The fraction of sp³-hybridized carbons (Fsp3) is 0.